The summed E-state index contributed by atoms with van der Waals surface area (Å²) in [7, 11) is 0. The van der Waals surface area contributed by atoms with Crippen LogP contribution in [0.1, 0.15) is 60.8 Å². The van der Waals surface area contributed by atoms with Crippen molar-refractivity contribution in [3.63, 3.8) is 0 Å². The van der Waals surface area contributed by atoms with Crippen molar-refractivity contribution in [3.8, 4) is 0 Å². The molecule has 0 aliphatic rings. The van der Waals surface area contributed by atoms with Crippen LogP contribution in [0.4, 0.5) is 4.79 Å². The van der Waals surface area contributed by atoms with Crippen LogP contribution in [0, 0.1) is 5.41 Å². The minimum absolute atomic E-state index is 0.0671. The molecule has 0 aliphatic heterocycles. The molecule has 1 unspecified atom stereocenters. The molecule has 0 fully saturated rings. The van der Waals surface area contributed by atoms with E-state index in [1.807, 2.05) is 20.8 Å². The van der Waals surface area contributed by atoms with Gasteiger partial charge in [-0.3, -0.25) is 4.89 Å². The molecule has 0 aromatic heterocycles. The lowest BCUT2D eigenvalue weighted by atomic mass is 9.91. The van der Waals surface area contributed by atoms with E-state index in [2.05, 4.69) is 0 Å². The zero-order valence-electron chi connectivity index (χ0n) is 13.1. The van der Waals surface area contributed by atoms with Gasteiger partial charge in [0.05, 0.1) is 0 Å². The van der Waals surface area contributed by atoms with Crippen molar-refractivity contribution < 1.29 is 24.1 Å². The fourth-order valence-corrected chi connectivity index (χ4v) is 1.76. The maximum Gasteiger partial charge on any atom is 0.404 e. The van der Waals surface area contributed by atoms with Gasteiger partial charge < -0.3 is 4.74 Å². The molecule has 1 atom stereocenters. The van der Waals surface area contributed by atoms with Crippen LogP contribution >= 0.6 is 11.6 Å². The molecule has 6 heteroatoms. The van der Waals surface area contributed by atoms with Crippen LogP contribution in [0.15, 0.2) is 0 Å². The van der Waals surface area contributed by atoms with Crippen LogP contribution in [0.25, 0.3) is 0 Å². The summed E-state index contributed by atoms with van der Waals surface area (Å²) in [5, 5.41) is 0. The first-order valence-electron chi connectivity index (χ1n) is 6.66. The summed E-state index contributed by atoms with van der Waals surface area (Å²) < 4.78 is 4.79. The number of halogens is 1. The van der Waals surface area contributed by atoms with Gasteiger partial charge in [-0.25, -0.2) is 9.59 Å². The first-order chi connectivity index (χ1) is 8.91. The van der Waals surface area contributed by atoms with E-state index in [4.69, 9.17) is 26.1 Å². The smallest absolute Gasteiger partial charge is 0.404 e. The van der Waals surface area contributed by atoms with Crippen LogP contribution in [0.2, 0.25) is 0 Å². The molecule has 0 radical (unpaired) electrons. The summed E-state index contributed by atoms with van der Waals surface area (Å²) in [4.78, 5) is 32.1. The zero-order chi connectivity index (χ0) is 16.0. The first-order valence-corrected chi connectivity index (χ1v) is 7.04. The third-order valence-electron chi connectivity index (χ3n) is 2.51. The minimum Gasteiger partial charge on any atom is -0.451 e. The average Bonchev–Trinajstić information content (AvgIpc) is 2.20. The molecule has 0 saturated heterocycles. The van der Waals surface area contributed by atoms with Gasteiger partial charge in [0, 0.05) is 24.4 Å². The van der Waals surface area contributed by atoms with E-state index < -0.39 is 23.1 Å². The van der Waals surface area contributed by atoms with E-state index in [-0.39, 0.29) is 5.41 Å². The lowest BCUT2D eigenvalue weighted by Crippen LogP contribution is -2.31. The largest absolute Gasteiger partial charge is 0.451 e. The van der Waals surface area contributed by atoms with Gasteiger partial charge in [-0.15, -0.1) is 0 Å². The second kappa shape index (κ2) is 7.84. The highest BCUT2D eigenvalue weighted by atomic mass is 35.5. The van der Waals surface area contributed by atoms with E-state index in [1.54, 1.807) is 20.8 Å². The molecule has 118 valence electrons. The third kappa shape index (κ3) is 11.1. The van der Waals surface area contributed by atoms with Crippen molar-refractivity contribution in [1.29, 1.82) is 0 Å². The van der Waals surface area contributed by atoms with Crippen LogP contribution < -0.4 is 0 Å². The fraction of sp³-hybridized carbons (Fsp3) is 0.857. The summed E-state index contributed by atoms with van der Waals surface area (Å²) in [5.41, 5.74) is -1.56. The molecule has 0 amide bonds. The number of carbonyl (C=O) groups excluding carboxylic acids is 2. The monoisotopic (exact) mass is 308 g/mol. The normalized spacial score (nSPS) is 13.8. The van der Waals surface area contributed by atoms with E-state index >= 15 is 0 Å². The minimum atomic E-state index is -0.865. The maximum absolute atomic E-state index is 11.5. The van der Waals surface area contributed by atoms with Crippen molar-refractivity contribution in [3.05, 3.63) is 0 Å². The molecular formula is C14H25ClO5. The maximum atomic E-state index is 11.5. The Morgan fingerprint density at radius 2 is 1.70 bits per heavy atom. The van der Waals surface area contributed by atoms with E-state index in [0.717, 1.165) is 6.42 Å². The highest BCUT2D eigenvalue weighted by molar-refractivity contribution is 6.61. The Labute approximate surface area is 125 Å². The number of carbonyl (C=O) groups is 2. The number of ether oxygens (including phenoxy) is 1. The predicted molar refractivity (Wildman–Crippen MR) is 76.4 cm³/mol. The van der Waals surface area contributed by atoms with Crippen LogP contribution in [0.3, 0.4) is 0 Å². The molecule has 20 heavy (non-hydrogen) atoms. The van der Waals surface area contributed by atoms with E-state index in [0.29, 0.717) is 12.8 Å². The lowest BCUT2D eigenvalue weighted by Gasteiger charge is -2.25. The Morgan fingerprint density at radius 1 is 1.15 bits per heavy atom. The summed E-state index contributed by atoms with van der Waals surface area (Å²) in [6.45, 7) is 11.3. The highest BCUT2D eigenvalue weighted by Gasteiger charge is 2.27. The molecule has 0 aliphatic carbocycles. The standard InChI is InChI=1S/C14H25ClO5/c1-10(18-12(15)17)9-14(5,6)20-19-11(16)7-8-13(2,3)4/h10H,7-9H2,1-6H3. The molecule has 0 N–H and O–H groups in total. The van der Waals surface area contributed by atoms with Crippen molar-refractivity contribution >= 4 is 23.0 Å². The Hall–Kier alpha value is -0.810. The molecule has 0 bridgehead atoms. The Kier molecular flexibility index (Phi) is 7.52. The molecule has 0 aromatic carbocycles. The second-order valence-corrected chi connectivity index (χ2v) is 7.04. The van der Waals surface area contributed by atoms with Gasteiger partial charge in [-0.1, -0.05) is 20.8 Å². The number of hydrogen-bond donors (Lipinski definition) is 0. The zero-order valence-corrected chi connectivity index (χ0v) is 13.9. The Bertz CT molecular complexity index is 333. The molecular weight excluding hydrogens is 284 g/mol. The molecule has 0 aromatic rings. The summed E-state index contributed by atoms with van der Waals surface area (Å²) in [6, 6.07) is 0. The van der Waals surface area contributed by atoms with Crippen LogP contribution in [-0.2, 0) is 19.3 Å². The van der Waals surface area contributed by atoms with Crippen LogP contribution in [-0.4, -0.2) is 23.1 Å². The summed E-state index contributed by atoms with van der Waals surface area (Å²) in [5.74, 6) is -0.407. The SMILES string of the molecule is CC(CC(C)(C)OOC(=O)CCC(C)(C)C)OC(=O)Cl. The quantitative estimate of drug-likeness (QED) is 0.400. The molecule has 0 rings (SSSR count). The van der Waals surface area contributed by atoms with E-state index in [9.17, 15) is 9.59 Å². The van der Waals surface area contributed by atoms with Gasteiger partial charge in [0.2, 0.25) is 0 Å². The van der Waals surface area contributed by atoms with Gasteiger partial charge in [0.25, 0.3) is 0 Å². The van der Waals surface area contributed by atoms with Crippen molar-refractivity contribution in [2.75, 3.05) is 0 Å². The molecule has 0 spiro atoms. The van der Waals surface area contributed by atoms with Gasteiger partial charge in [-0.05, 0) is 32.6 Å². The second-order valence-electron chi connectivity index (χ2n) is 6.73. The number of hydrogen-bond acceptors (Lipinski definition) is 5. The van der Waals surface area contributed by atoms with Gasteiger partial charge in [0.15, 0.2) is 0 Å². The molecule has 5 nitrogen and oxygen atoms in total. The van der Waals surface area contributed by atoms with Gasteiger partial charge >= 0.3 is 11.4 Å². The van der Waals surface area contributed by atoms with Gasteiger partial charge in [0.1, 0.15) is 11.7 Å². The Morgan fingerprint density at radius 3 is 2.15 bits per heavy atom. The number of rotatable bonds is 7. The average molecular weight is 309 g/mol. The van der Waals surface area contributed by atoms with Crippen molar-refractivity contribution in [1.82, 2.24) is 0 Å². The summed E-state index contributed by atoms with van der Waals surface area (Å²) >= 11 is 5.13. The van der Waals surface area contributed by atoms with Crippen LogP contribution in [0.5, 0.6) is 0 Å². The topological polar surface area (TPSA) is 61.8 Å². The fourth-order valence-electron chi connectivity index (χ4n) is 1.60. The molecule has 0 saturated carbocycles. The molecule has 0 heterocycles. The lowest BCUT2D eigenvalue weighted by molar-refractivity contribution is -0.328. The van der Waals surface area contributed by atoms with Crippen molar-refractivity contribution in [2.24, 2.45) is 5.41 Å². The first kappa shape index (κ1) is 19.2. The predicted octanol–water partition coefficient (Wildman–Crippen LogP) is 4.22. The summed E-state index contributed by atoms with van der Waals surface area (Å²) in [6.07, 6.45) is 0.947. The highest BCUT2D eigenvalue weighted by Crippen LogP contribution is 2.22. The van der Waals surface area contributed by atoms with Crippen molar-refractivity contribution in [2.45, 2.75) is 72.5 Å². The van der Waals surface area contributed by atoms with E-state index in [1.165, 1.54) is 0 Å². The Balaban J connectivity index is 4.08. The van der Waals surface area contributed by atoms with Gasteiger partial charge in [-0.2, -0.15) is 4.89 Å². The third-order valence-corrected chi connectivity index (χ3v) is 2.60.